The zero-order valence-electron chi connectivity index (χ0n) is 12.3. The predicted molar refractivity (Wildman–Crippen MR) is 90.1 cm³/mol. The van der Waals surface area contributed by atoms with Crippen molar-refractivity contribution < 1.29 is 13.3 Å². The van der Waals surface area contributed by atoms with Gasteiger partial charge in [0.1, 0.15) is 5.21 Å². The Morgan fingerprint density at radius 3 is 2.39 bits per heavy atom. The highest BCUT2D eigenvalue weighted by molar-refractivity contribution is 7.93. The molecule has 0 aromatic heterocycles. The number of rotatable bonds is 6. The largest absolute Gasteiger partial charge is 0.271 e. The Balaban J connectivity index is 2.54. The van der Waals surface area contributed by atoms with Crippen LogP contribution in [0, 0.1) is 17.0 Å². The molecule has 2 rings (SSSR count). The molecule has 0 saturated heterocycles. The quantitative estimate of drug-likeness (QED) is 0.452. The van der Waals surface area contributed by atoms with Crippen molar-refractivity contribution in [3.05, 3.63) is 69.8 Å². The van der Waals surface area contributed by atoms with E-state index in [0.29, 0.717) is 5.56 Å². The molecule has 2 aromatic carbocycles. The molecule has 0 heterocycles. The van der Waals surface area contributed by atoms with E-state index in [4.69, 9.17) is 11.6 Å². The second-order valence-corrected chi connectivity index (χ2v) is 7.42. The lowest BCUT2D eigenvalue weighted by atomic mass is 10.1. The van der Waals surface area contributed by atoms with Crippen LogP contribution in [0.4, 0.5) is 11.4 Å². The maximum Gasteiger partial charge on any atom is 0.271 e. The lowest BCUT2D eigenvalue weighted by Gasteiger charge is -2.25. The molecule has 0 bridgehead atoms. The molecule has 8 heteroatoms. The van der Waals surface area contributed by atoms with Gasteiger partial charge in [0.25, 0.3) is 5.69 Å². The van der Waals surface area contributed by atoms with Crippen LogP contribution in [-0.4, -0.2) is 18.6 Å². The molecule has 0 spiro atoms. The fourth-order valence-corrected chi connectivity index (χ4v) is 3.43. The van der Waals surface area contributed by atoms with Crippen molar-refractivity contribution in [2.24, 2.45) is 0 Å². The number of benzene rings is 2. The van der Waals surface area contributed by atoms with Crippen molar-refractivity contribution in [1.82, 2.24) is 0 Å². The van der Waals surface area contributed by atoms with E-state index in [-0.39, 0.29) is 17.9 Å². The minimum atomic E-state index is -3.80. The summed E-state index contributed by atoms with van der Waals surface area (Å²) in [6.07, 6.45) is 0. The summed E-state index contributed by atoms with van der Waals surface area (Å²) in [5.74, 6) is 0. The minimum absolute atomic E-state index is 0.0535. The first kappa shape index (κ1) is 17.2. The Morgan fingerprint density at radius 1 is 1.17 bits per heavy atom. The standard InChI is InChI=1S/C15H15ClN2O4S/c1-12-7-8-14(18(19)20)9-15(12)17(23(21,22)11-16)10-13-5-3-2-4-6-13/h2-9H,10-11H2,1H3. The summed E-state index contributed by atoms with van der Waals surface area (Å²) < 4.78 is 25.8. The molecule has 0 atom stereocenters. The van der Waals surface area contributed by atoms with E-state index in [1.54, 1.807) is 31.2 Å². The lowest BCUT2D eigenvalue weighted by Crippen LogP contribution is -2.31. The van der Waals surface area contributed by atoms with Gasteiger partial charge in [0, 0.05) is 12.1 Å². The monoisotopic (exact) mass is 354 g/mol. The third-order valence-corrected chi connectivity index (χ3v) is 5.42. The van der Waals surface area contributed by atoms with Crippen LogP contribution in [0.5, 0.6) is 0 Å². The van der Waals surface area contributed by atoms with Crippen LogP contribution < -0.4 is 4.31 Å². The zero-order valence-corrected chi connectivity index (χ0v) is 13.9. The molecule has 0 unspecified atom stereocenters. The summed E-state index contributed by atoms with van der Waals surface area (Å²) in [5, 5.41) is 10.4. The smallest absolute Gasteiger partial charge is 0.264 e. The van der Waals surface area contributed by atoms with Crippen LogP contribution in [0.1, 0.15) is 11.1 Å². The molecule has 0 aliphatic rings. The van der Waals surface area contributed by atoms with E-state index >= 15 is 0 Å². The molecule has 0 radical (unpaired) electrons. The predicted octanol–water partition coefficient (Wildman–Crippen LogP) is 3.44. The van der Waals surface area contributed by atoms with Gasteiger partial charge in [-0.2, -0.15) is 0 Å². The second kappa shape index (κ2) is 6.97. The van der Waals surface area contributed by atoms with Crippen LogP contribution in [0.25, 0.3) is 0 Å². The van der Waals surface area contributed by atoms with Gasteiger partial charge >= 0.3 is 0 Å². The number of aryl methyl sites for hydroxylation is 1. The summed E-state index contributed by atoms with van der Waals surface area (Å²) in [5.41, 5.74) is 1.45. The number of halogens is 1. The normalized spacial score (nSPS) is 11.2. The highest BCUT2D eigenvalue weighted by Gasteiger charge is 2.25. The molecular weight excluding hydrogens is 340 g/mol. The molecule has 23 heavy (non-hydrogen) atoms. The van der Waals surface area contributed by atoms with Crippen LogP contribution >= 0.6 is 11.6 Å². The van der Waals surface area contributed by atoms with E-state index < -0.39 is 20.2 Å². The van der Waals surface area contributed by atoms with Gasteiger partial charge in [-0.15, -0.1) is 11.6 Å². The van der Waals surface area contributed by atoms with Crippen molar-refractivity contribution in [3.63, 3.8) is 0 Å². The number of hydrogen-bond donors (Lipinski definition) is 0. The van der Waals surface area contributed by atoms with Gasteiger partial charge in [0.15, 0.2) is 0 Å². The molecule has 0 amide bonds. The number of anilines is 1. The highest BCUT2D eigenvalue weighted by atomic mass is 35.5. The molecule has 0 aliphatic carbocycles. The number of nitro benzene ring substituents is 1. The summed E-state index contributed by atoms with van der Waals surface area (Å²) in [7, 11) is -3.80. The van der Waals surface area contributed by atoms with Crippen molar-refractivity contribution in [2.45, 2.75) is 13.5 Å². The second-order valence-electron chi connectivity index (χ2n) is 4.94. The number of sulfonamides is 1. The summed E-state index contributed by atoms with van der Waals surface area (Å²) in [4.78, 5) is 10.4. The number of nitro groups is 1. The molecule has 2 aromatic rings. The number of non-ortho nitro benzene ring substituents is 1. The van der Waals surface area contributed by atoms with Crippen LogP contribution in [0.2, 0.25) is 0 Å². The SMILES string of the molecule is Cc1ccc([N+](=O)[O-])cc1N(Cc1ccccc1)S(=O)(=O)CCl. The number of hydrogen-bond acceptors (Lipinski definition) is 4. The first-order chi connectivity index (χ1) is 10.8. The van der Waals surface area contributed by atoms with E-state index in [0.717, 1.165) is 9.87 Å². The van der Waals surface area contributed by atoms with Gasteiger partial charge < -0.3 is 0 Å². The fraction of sp³-hybridized carbons (Fsp3) is 0.200. The maximum atomic E-state index is 12.4. The van der Waals surface area contributed by atoms with Gasteiger partial charge in [-0.3, -0.25) is 14.4 Å². The Hall–Kier alpha value is -2.12. The third-order valence-electron chi connectivity index (χ3n) is 3.31. The van der Waals surface area contributed by atoms with E-state index in [2.05, 4.69) is 0 Å². The first-order valence-corrected chi connectivity index (χ1v) is 8.85. The maximum absolute atomic E-state index is 12.4. The van der Waals surface area contributed by atoms with E-state index in [1.807, 2.05) is 6.07 Å². The third kappa shape index (κ3) is 4.00. The molecule has 0 fully saturated rings. The Bertz CT molecular complexity index is 809. The van der Waals surface area contributed by atoms with Gasteiger partial charge in [0.2, 0.25) is 10.0 Å². The molecule has 0 N–H and O–H groups in total. The Morgan fingerprint density at radius 2 is 1.83 bits per heavy atom. The van der Waals surface area contributed by atoms with Gasteiger partial charge in [-0.05, 0) is 18.1 Å². The van der Waals surface area contributed by atoms with Crippen LogP contribution in [0.3, 0.4) is 0 Å². The van der Waals surface area contributed by atoms with Crippen LogP contribution in [0.15, 0.2) is 48.5 Å². The summed E-state index contributed by atoms with van der Waals surface area (Å²) >= 11 is 5.60. The van der Waals surface area contributed by atoms with E-state index in [1.165, 1.54) is 18.2 Å². The van der Waals surface area contributed by atoms with Gasteiger partial charge in [-0.1, -0.05) is 36.4 Å². The Labute approximate surface area is 139 Å². The summed E-state index contributed by atoms with van der Waals surface area (Å²) in [6.45, 7) is 1.75. The Kier molecular flexibility index (Phi) is 5.23. The van der Waals surface area contributed by atoms with Crippen molar-refractivity contribution in [3.8, 4) is 0 Å². The first-order valence-electron chi connectivity index (χ1n) is 6.70. The van der Waals surface area contributed by atoms with Crippen LogP contribution in [-0.2, 0) is 16.6 Å². The zero-order chi connectivity index (χ0) is 17.0. The van der Waals surface area contributed by atoms with E-state index in [9.17, 15) is 18.5 Å². The molecule has 0 aliphatic heterocycles. The lowest BCUT2D eigenvalue weighted by molar-refractivity contribution is -0.384. The average molecular weight is 355 g/mol. The minimum Gasteiger partial charge on any atom is -0.264 e. The average Bonchev–Trinajstić information content (AvgIpc) is 2.54. The molecule has 6 nitrogen and oxygen atoms in total. The van der Waals surface area contributed by atoms with Crippen molar-refractivity contribution >= 4 is 33.0 Å². The fourth-order valence-electron chi connectivity index (χ4n) is 2.12. The van der Waals surface area contributed by atoms with Gasteiger partial charge in [-0.25, -0.2) is 8.42 Å². The van der Waals surface area contributed by atoms with Gasteiger partial charge in [0.05, 0.1) is 17.2 Å². The number of nitrogens with zero attached hydrogens (tertiary/aromatic N) is 2. The summed E-state index contributed by atoms with van der Waals surface area (Å²) in [6, 6.07) is 13.1. The molecule has 0 saturated carbocycles. The van der Waals surface area contributed by atoms with Crippen molar-refractivity contribution in [2.75, 3.05) is 9.52 Å². The van der Waals surface area contributed by atoms with Crippen molar-refractivity contribution in [1.29, 1.82) is 0 Å². The molecular formula is C15H15ClN2O4S. The topological polar surface area (TPSA) is 80.5 Å². The molecule has 122 valence electrons. The number of alkyl halides is 1. The highest BCUT2D eigenvalue weighted by Crippen LogP contribution is 2.29.